The lowest BCUT2D eigenvalue weighted by atomic mass is 9.76. The number of esters is 1. The molecule has 1 aliphatic heterocycles. The van der Waals surface area contributed by atoms with E-state index < -0.39 is 5.41 Å². The van der Waals surface area contributed by atoms with E-state index in [0.717, 1.165) is 23.1 Å². The van der Waals surface area contributed by atoms with E-state index in [0.29, 0.717) is 13.2 Å². The molecule has 5 nitrogen and oxygen atoms in total. The van der Waals surface area contributed by atoms with Crippen LogP contribution >= 0.6 is 11.3 Å². The fraction of sp³-hybridized carbons (Fsp3) is 0.769. The number of hydrogen-bond acceptors (Lipinski definition) is 6. The lowest BCUT2D eigenvalue weighted by molar-refractivity contribution is -0.156. The van der Waals surface area contributed by atoms with E-state index in [1.54, 1.807) is 11.3 Å². The van der Waals surface area contributed by atoms with Gasteiger partial charge in [-0.25, -0.2) is 0 Å². The third-order valence-electron chi connectivity index (χ3n) is 3.87. The Morgan fingerprint density at radius 2 is 2.26 bits per heavy atom. The summed E-state index contributed by atoms with van der Waals surface area (Å²) in [7, 11) is 0. The summed E-state index contributed by atoms with van der Waals surface area (Å²) in [4.78, 5) is 14.5. The molecule has 0 spiro atoms. The molecule has 0 N–H and O–H groups in total. The molecule has 19 heavy (non-hydrogen) atoms. The molecule has 1 saturated heterocycles. The summed E-state index contributed by atoms with van der Waals surface area (Å²) in [5.74, 6) is 0.180. The van der Waals surface area contributed by atoms with Gasteiger partial charge in [-0.15, -0.1) is 10.2 Å². The highest BCUT2D eigenvalue weighted by molar-refractivity contribution is 7.15. The topological polar surface area (TPSA) is 55.3 Å². The van der Waals surface area contributed by atoms with Crippen LogP contribution in [0, 0.1) is 18.3 Å². The van der Waals surface area contributed by atoms with Gasteiger partial charge >= 0.3 is 5.97 Å². The summed E-state index contributed by atoms with van der Waals surface area (Å²) in [6.07, 6.45) is 0.822. The molecule has 6 heteroatoms. The molecule has 106 valence electrons. The van der Waals surface area contributed by atoms with E-state index >= 15 is 0 Å². The normalized spacial score (nSPS) is 23.1. The van der Waals surface area contributed by atoms with Crippen LogP contribution in [0.3, 0.4) is 0 Å². The molecule has 1 atom stereocenters. The molecule has 0 aliphatic carbocycles. The average Bonchev–Trinajstić information content (AvgIpc) is 2.95. The van der Waals surface area contributed by atoms with Crippen LogP contribution in [0.1, 0.15) is 32.2 Å². The fourth-order valence-corrected chi connectivity index (χ4v) is 3.27. The molecule has 2 rings (SSSR count). The van der Waals surface area contributed by atoms with Gasteiger partial charge in [0.1, 0.15) is 5.01 Å². The van der Waals surface area contributed by atoms with E-state index in [4.69, 9.17) is 4.74 Å². The summed E-state index contributed by atoms with van der Waals surface area (Å²) in [5.41, 5.74) is -0.407. The van der Waals surface area contributed by atoms with Crippen molar-refractivity contribution in [2.75, 3.05) is 24.6 Å². The van der Waals surface area contributed by atoms with Gasteiger partial charge in [0.15, 0.2) is 0 Å². The fourth-order valence-electron chi connectivity index (χ4n) is 2.56. The first-order chi connectivity index (χ1) is 8.99. The van der Waals surface area contributed by atoms with Gasteiger partial charge in [-0.05, 0) is 26.2 Å². The summed E-state index contributed by atoms with van der Waals surface area (Å²) in [6, 6.07) is 0. The number of aromatic nitrogens is 2. The number of rotatable bonds is 4. The molecule has 0 saturated carbocycles. The van der Waals surface area contributed by atoms with Crippen LogP contribution in [-0.2, 0) is 9.53 Å². The predicted molar refractivity (Wildman–Crippen MR) is 75.4 cm³/mol. The summed E-state index contributed by atoms with van der Waals surface area (Å²) in [5, 5.41) is 10.1. The lowest BCUT2D eigenvalue weighted by Crippen LogP contribution is -2.40. The molecule has 1 fully saturated rings. The Kier molecular flexibility index (Phi) is 4.08. The maximum Gasteiger partial charge on any atom is 0.314 e. The first kappa shape index (κ1) is 14.2. The molecule has 1 aliphatic rings. The standard InChI is InChI=1S/C13H21N3O2S/c1-5-18-11(17)13(9(2)3)6-7-16(8-13)12-15-14-10(4)19-12/h9H,5-8H2,1-4H3/t13-/m1/s1. The van der Waals surface area contributed by atoms with Crippen LogP contribution < -0.4 is 4.90 Å². The van der Waals surface area contributed by atoms with Crippen molar-refractivity contribution < 1.29 is 9.53 Å². The number of anilines is 1. The maximum atomic E-state index is 12.3. The van der Waals surface area contributed by atoms with Gasteiger partial charge in [-0.3, -0.25) is 4.79 Å². The van der Waals surface area contributed by atoms with Gasteiger partial charge in [0.2, 0.25) is 5.13 Å². The third-order valence-corrected chi connectivity index (χ3v) is 4.77. The zero-order chi connectivity index (χ0) is 14.0. The van der Waals surface area contributed by atoms with Crippen molar-refractivity contribution in [3.05, 3.63) is 5.01 Å². The third kappa shape index (κ3) is 2.59. The van der Waals surface area contributed by atoms with Crippen LogP contribution in [-0.4, -0.2) is 35.9 Å². The number of nitrogens with zero attached hydrogens (tertiary/aromatic N) is 3. The number of hydrogen-bond donors (Lipinski definition) is 0. The van der Waals surface area contributed by atoms with Crippen LogP contribution in [0.4, 0.5) is 5.13 Å². The quantitative estimate of drug-likeness (QED) is 0.793. The molecular formula is C13H21N3O2S. The molecular weight excluding hydrogens is 262 g/mol. The number of aryl methyl sites for hydroxylation is 1. The van der Waals surface area contributed by atoms with E-state index in [1.165, 1.54) is 0 Å². The van der Waals surface area contributed by atoms with Gasteiger partial charge < -0.3 is 9.64 Å². The Morgan fingerprint density at radius 3 is 2.79 bits per heavy atom. The second-order valence-corrected chi connectivity index (χ2v) is 6.47. The van der Waals surface area contributed by atoms with E-state index in [-0.39, 0.29) is 11.9 Å². The molecule has 1 aromatic heterocycles. The predicted octanol–water partition coefficient (Wildman–Crippen LogP) is 2.26. The van der Waals surface area contributed by atoms with Crippen molar-refractivity contribution in [3.63, 3.8) is 0 Å². The number of carbonyl (C=O) groups is 1. The second kappa shape index (κ2) is 5.45. The highest BCUT2D eigenvalue weighted by Gasteiger charge is 2.48. The van der Waals surface area contributed by atoms with Crippen molar-refractivity contribution in [2.24, 2.45) is 11.3 Å². The number of carbonyl (C=O) groups excluding carboxylic acids is 1. The van der Waals surface area contributed by atoms with E-state index in [9.17, 15) is 4.79 Å². The Labute approximate surface area is 118 Å². The van der Waals surface area contributed by atoms with Crippen LogP contribution in [0.25, 0.3) is 0 Å². The SMILES string of the molecule is CCOC(=O)[C@]1(C(C)C)CCN(c2nnc(C)s2)C1. The van der Waals surface area contributed by atoms with Crippen molar-refractivity contribution in [2.45, 2.75) is 34.1 Å². The van der Waals surface area contributed by atoms with Crippen LogP contribution in [0.2, 0.25) is 0 Å². The summed E-state index contributed by atoms with van der Waals surface area (Å²) >= 11 is 1.57. The average molecular weight is 283 g/mol. The van der Waals surface area contributed by atoms with Gasteiger partial charge in [0, 0.05) is 13.1 Å². The minimum Gasteiger partial charge on any atom is -0.466 e. The van der Waals surface area contributed by atoms with Crippen LogP contribution in [0.15, 0.2) is 0 Å². The Hall–Kier alpha value is -1.17. The molecule has 0 amide bonds. The van der Waals surface area contributed by atoms with Crippen molar-refractivity contribution in [3.8, 4) is 0 Å². The Morgan fingerprint density at radius 1 is 1.53 bits per heavy atom. The molecule has 1 aromatic rings. The molecule has 2 heterocycles. The zero-order valence-corrected chi connectivity index (χ0v) is 12.8. The Balaban J connectivity index is 2.18. The summed E-state index contributed by atoms with van der Waals surface area (Å²) in [6.45, 7) is 9.93. The zero-order valence-electron chi connectivity index (χ0n) is 12.0. The van der Waals surface area contributed by atoms with E-state index in [1.807, 2.05) is 13.8 Å². The molecule has 0 radical (unpaired) electrons. The Bertz CT molecular complexity index is 460. The molecule has 0 unspecified atom stereocenters. The first-order valence-electron chi connectivity index (χ1n) is 6.72. The minimum absolute atomic E-state index is 0.0752. The maximum absolute atomic E-state index is 12.3. The highest BCUT2D eigenvalue weighted by atomic mass is 32.1. The monoisotopic (exact) mass is 283 g/mol. The largest absolute Gasteiger partial charge is 0.466 e. The van der Waals surface area contributed by atoms with Gasteiger partial charge in [0.25, 0.3) is 0 Å². The number of ether oxygens (including phenoxy) is 1. The van der Waals surface area contributed by atoms with Crippen molar-refractivity contribution in [1.29, 1.82) is 0 Å². The smallest absolute Gasteiger partial charge is 0.314 e. The van der Waals surface area contributed by atoms with Crippen molar-refractivity contribution in [1.82, 2.24) is 10.2 Å². The first-order valence-corrected chi connectivity index (χ1v) is 7.53. The highest BCUT2D eigenvalue weighted by Crippen LogP contribution is 2.41. The summed E-state index contributed by atoms with van der Waals surface area (Å²) < 4.78 is 5.28. The van der Waals surface area contributed by atoms with Crippen molar-refractivity contribution >= 4 is 22.4 Å². The van der Waals surface area contributed by atoms with Crippen LogP contribution in [0.5, 0.6) is 0 Å². The van der Waals surface area contributed by atoms with Gasteiger partial charge in [-0.2, -0.15) is 0 Å². The van der Waals surface area contributed by atoms with Gasteiger partial charge in [0.05, 0.1) is 12.0 Å². The molecule has 0 bridgehead atoms. The minimum atomic E-state index is -0.407. The lowest BCUT2D eigenvalue weighted by Gasteiger charge is -2.30. The van der Waals surface area contributed by atoms with Gasteiger partial charge in [-0.1, -0.05) is 25.2 Å². The van der Waals surface area contributed by atoms with E-state index in [2.05, 4.69) is 28.9 Å². The molecule has 0 aromatic carbocycles. The second-order valence-electron chi connectivity index (χ2n) is 5.31.